The van der Waals surface area contributed by atoms with Crippen molar-refractivity contribution < 1.29 is 19.1 Å². The average Bonchev–Trinajstić information content (AvgIpc) is 4.12. The Morgan fingerprint density at radius 3 is 1.61 bits per heavy atom. The molecule has 2 fully saturated rings. The highest BCUT2D eigenvalue weighted by Crippen LogP contribution is 2.36. The number of ether oxygens (including phenoxy) is 1. The molecule has 0 spiro atoms. The van der Waals surface area contributed by atoms with Crippen molar-refractivity contribution >= 4 is 17.9 Å². The topological polar surface area (TPSA) is 136 Å². The first-order valence-corrected chi connectivity index (χ1v) is 21.0. The van der Waals surface area contributed by atoms with Gasteiger partial charge in [-0.15, -0.1) is 0 Å². The standard InChI is InChI=1S/C50H51N7O4/c1-33(36-13-7-5-8-14-36)47(58)56-29-11-17-42(56)45-51-31-40(53-45)37-25-21-34(22-26-37)19-20-35-23-27-38(28-24-35)41-32-52-46(54-41)43-18-12-30-57(43)48(59)44(39-15-9-6-10-16-39)55-49(60)61-50(2,3)4/h5-10,13-16,21-28,31-33,42-44H,11-12,17-18,29-30H2,1-4H3,(H,51,53)(H,52,54)(H,55,60)/t33-,42+,43+,44-/m1/s1. The summed E-state index contributed by atoms with van der Waals surface area (Å²) in [6.07, 6.45) is 6.40. The summed E-state index contributed by atoms with van der Waals surface area (Å²) < 4.78 is 5.51. The number of imidazole rings is 2. The molecule has 0 radical (unpaired) electrons. The van der Waals surface area contributed by atoms with Gasteiger partial charge in [0.1, 0.15) is 23.3 Å². The van der Waals surface area contributed by atoms with Crippen molar-refractivity contribution in [3.8, 4) is 34.4 Å². The van der Waals surface area contributed by atoms with E-state index in [2.05, 4.69) is 27.1 Å². The SMILES string of the molecule is C[C@@H](C(=O)N1CCC[C@H]1c1ncc(-c2ccc(C#Cc3ccc(-c4cnc([C@@H]5CCCN5C(=O)[C@H](NC(=O)OC(C)(C)C)c5ccccc5)[nH]4)cc3)cc2)[nH]1)c1ccccc1. The lowest BCUT2D eigenvalue weighted by Gasteiger charge is -2.29. The summed E-state index contributed by atoms with van der Waals surface area (Å²) in [5.41, 5.74) is 6.47. The van der Waals surface area contributed by atoms with Gasteiger partial charge in [0.05, 0.1) is 41.8 Å². The van der Waals surface area contributed by atoms with Crippen molar-refractivity contribution in [3.05, 3.63) is 155 Å². The van der Waals surface area contributed by atoms with E-state index in [4.69, 9.17) is 14.7 Å². The number of carbonyl (C=O) groups excluding carboxylic acids is 3. The Kier molecular flexibility index (Phi) is 11.9. The van der Waals surface area contributed by atoms with Gasteiger partial charge in [0, 0.05) is 24.2 Å². The Labute approximate surface area is 357 Å². The number of nitrogens with zero attached hydrogens (tertiary/aromatic N) is 4. The molecule has 0 unspecified atom stereocenters. The van der Waals surface area contributed by atoms with E-state index in [1.165, 1.54) is 0 Å². The van der Waals surface area contributed by atoms with Crippen molar-refractivity contribution in [2.75, 3.05) is 13.1 Å². The third-order valence-electron chi connectivity index (χ3n) is 11.3. The van der Waals surface area contributed by atoms with E-state index in [-0.39, 0.29) is 29.8 Å². The van der Waals surface area contributed by atoms with Gasteiger partial charge in [-0.3, -0.25) is 9.59 Å². The van der Waals surface area contributed by atoms with Gasteiger partial charge in [0.25, 0.3) is 5.91 Å². The molecule has 61 heavy (non-hydrogen) atoms. The molecule has 8 rings (SSSR count). The lowest BCUT2D eigenvalue weighted by atomic mass is 9.99. The number of hydrogen-bond acceptors (Lipinski definition) is 6. The highest BCUT2D eigenvalue weighted by atomic mass is 16.6. The number of carbonyl (C=O) groups is 3. The molecule has 2 aliphatic rings. The summed E-state index contributed by atoms with van der Waals surface area (Å²) in [5, 5.41) is 2.82. The van der Waals surface area contributed by atoms with Gasteiger partial charge in [-0.05, 0) is 99.9 Å². The Morgan fingerprint density at radius 2 is 1.13 bits per heavy atom. The first kappa shape index (κ1) is 40.8. The first-order valence-electron chi connectivity index (χ1n) is 21.0. The second-order valence-corrected chi connectivity index (χ2v) is 16.8. The summed E-state index contributed by atoms with van der Waals surface area (Å²) in [5.74, 6) is 7.79. The minimum Gasteiger partial charge on any atom is -0.444 e. The zero-order chi connectivity index (χ0) is 42.5. The van der Waals surface area contributed by atoms with Crippen LogP contribution in [0.2, 0.25) is 0 Å². The zero-order valence-corrected chi connectivity index (χ0v) is 35.0. The molecule has 11 heteroatoms. The number of aromatic nitrogens is 4. The van der Waals surface area contributed by atoms with Crippen molar-refractivity contribution in [1.82, 2.24) is 35.1 Å². The fourth-order valence-corrected chi connectivity index (χ4v) is 8.20. The Hall–Kier alpha value is -6.93. The molecule has 0 saturated carbocycles. The molecule has 3 N–H and O–H groups in total. The minimum atomic E-state index is -0.899. The Balaban J connectivity index is 0.896. The van der Waals surface area contributed by atoms with Crippen LogP contribution in [0.4, 0.5) is 4.79 Å². The number of rotatable bonds is 9. The van der Waals surface area contributed by atoms with Crippen LogP contribution in [0.1, 0.15) is 111 Å². The number of aromatic amines is 2. The first-order chi connectivity index (χ1) is 29.5. The van der Waals surface area contributed by atoms with Crippen LogP contribution in [0.15, 0.2) is 122 Å². The third-order valence-corrected chi connectivity index (χ3v) is 11.3. The van der Waals surface area contributed by atoms with Gasteiger partial charge in [-0.25, -0.2) is 14.8 Å². The van der Waals surface area contributed by atoms with Crippen molar-refractivity contribution in [2.45, 2.75) is 83.0 Å². The fraction of sp³-hybridized carbons (Fsp3) is 0.300. The second kappa shape index (κ2) is 17.7. The van der Waals surface area contributed by atoms with Crippen LogP contribution in [0, 0.1) is 11.8 Å². The molecule has 2 aromatic heterocycles. The summed E-state index contributed by atoms with van der Waals surface area (Å²) in [6.45, 7) is 8.64. The van der Waals surface area contributed by atoms with Gasteiger partial charge in [0.15, 0.2) is 0 Å². The number of nitrogens with one attached hydrogen (secondary N) is 3. The maximum absolute atomic E-state index is 14.1. The third kappa shape index (κ3) is 9.44. The highest BCUT2D eigenvalue weighted by Gasteiger charge is 2.38. The number of benzene rings is 4. The molecule has 0 aliphatic carbocycles. The molecule has 6 aromatic rings. The van der Waals surface area contributed by atoms with E-state index in [1.54, 1.807) is 31.9 Å². The minimum absolute atomic E-state index is 0.0675. The Morgan fingerprint density at radius 1 is 0.672 bits per heavy atom. The number of amides is 3. The quantitative estimate of drug-likeness (QED) is 0.125. The van der Waals surface area contributed by atoms with Crippen LogP contribution in [0.25, 0.3) is 22.5 Å². The van der Waals surface area contributed by atoms with Gasteiger partial charge in [0.2, 0.25) is 5.91 Å². The zero-order valence-electron chi connectivity index (χ0n) is 35.0. The number of hydrogen-bond donors (Lipinski definition) is 3. The van der Waals surface area contributed by atoms with Crippen LogP contribution in [-0.4, -0.2) is 66.3 Å². The van der Waals surface area contributed by atoms with E-state index < -0.39 is 17.7 Å². The van der Waals surface area contributed by atoms with E-state index in [1.807, 2.05) is 127 Å². The summed E-state index contributed by atoms with van der Waals surface area (Å²) >= 11 is 0. The van der Waals surface area contributed by atoms with E-state index in [9.17, 15) is 14.4 Å². The lowest BCUT2D eigenvalue weighted by molar-refractivity contribution is -0.135. The van der Waals surface area contributed by atoms with Crippen molar-refractivity contribution in [2.24, 2.45) is 0 Å². The largest absolute Gasteiger partial charge is 0.444 e. The van der Waals surface area contributed by atoms with Gasteiger partial charge >= 0.3 is 6.09 Å². The molecule has 4 atom stereocenters. The van der Waals surface area contributed by atoms with Crippen molar-refractivity contribution in [1.29, 1.82) is 0 Å². The molecule has 11 nitrogen and oxygen atoms in total. The molecular formula is C50H51N7O4. The Bertz CT molecular complexity index is 2530. The average molecular weight is 814 g/mol. The maximum atomic E-state index is 14.1. The normalized spacial score (nSPS) is 17.3. The lowest BCUT2D eigenvalue weighted by Crippen LogP contribution is -2.44. The molecule has 310 valence electrons. The summed E-state index contributed by atoms with van der Waals surface area (Å²) in [4.78, 5) is 60.6. The summed E-state index contributed by atoms with van der Waals surface area (Å²) in [6, 6.07) is 34.0. The highest BCUT2D eigenvalue weighted by molar-refractivity contribution is 5.87. The van der Waals surface area contributed by atoms with Crippen molar-refractivity contribution in [3.63, 3.8) is 0 Å². The van der Waals surface area contributed by atoms with Crippen LogP contribution in [0.3, 0.4) is 0 Å². The number of H-pyrrole nitrogens is 2. The second-order valence-electron chi connectivity index (χ2n) is 16.8. The predicted octanol–water partition coefficient (Wildman–Crippen LogP) is 9.26. The van der Waals surface area contributed by atoms with Gasteiger partial charge in [-0.1, -0.05) is 96.8 Å². The predicted molar refractivity (Wildman–Crippen MR) is 235 cm³/mol. The molecule has 3 amide bonds. The monoisotopic (exact) mass is 813 g/mol. The number of alkyl carbamates (subject to hydrolysis) is 1. The molecule has 4 aromatic carbocycles. The molecule has 4 heterocycles. The van der Waals surface area contributed by atoms with Crippen LogP contribution in [0.5, 0.6) is 0 Å². The van der Waals surface area contributed by atoms with Crippen LogP contribution >= 0.6 is 0 Å². The molecule has 0 bridgehead atoms. The fourth-order valence-electron chi connectivity index (χ4n) is 8.20. The van der Waals surface area contributed by atoms with Gasteiger partial charge in [-0.2, -0.15) is 0 Å². The maximum Gasteiger partial charge on any atom is 0.408 e. The van der Waals surface area contributed by atoms with E-state index in [0.717, 1.165) is 77.3 Å². The molecule has 2 aliphatic heterocycles. The van der Waals surface area contributed by atoms with E-state index in [0.29, 0.717) is 17.9 Å². The molecule has 2 saturated heterocycles. The molecular weight excluding hydrogens is 763 g/mol. The van der Waals surface area contributed by atoms with E-state index >= 15 is 0 Å². The number of likely N-dealkylation sites (tertiary alicyclic amines) is 2. The smallest absolute Gasteiger partial charge is 0.408 e. The van der Waals surface area contributed by atoms with Crippen LogP contribution in [-0.2, 0) is 14.3 Å². The van der Waals surface area contributed by atoms with Crippen LogP contribution < -0.4 is 5.32 Å². The van der Waals surface area contributed by atoms with Gasteiger partial charge < -0.3 is 29.8 Å². The summed E-state index contributed by atoms with van der Waals surface area (Å²) in [7, 11) is 0.